The van der Waals surface area contributed by atoms with E-state index in [0.717, 1.165) is 0 Å². The number of ether oxygens (including phenoxy) is 2. The first-order chi connectivity index (χ1) is 8.26. The van der Waals surface area contributed by atoms with Gasteiger partial charge in [-0.15, -0.1) is 0 Å². The van der Waals surface area contributed by atoms with Gasteiger partial charge in [0.05, 0.1) is 33.2 Å². The van der Waals surface area contributed by atoms with Gasteiger partial charge in [-0.3, -0.25) is 8.37 Å². The molecule has 0 aliphatic carbocycles. The van der Waals surface area contributed by atoms with E-state index >= 15 is 0 Å². The monoisotopic (exact) mass is 306 g/mol. The van der Waals surface area contributed by atoms with Crippen molar-refractivity contribution in [3.8, 4) is 0 Å². The number of hydrogen-bond donors (Lipinski definition) is 4. The van der Waals surface area contributed by atoms with Crippen molar-refractivity contribution in [3.05, 3.63) is 0 Å². The normalized spacial score (nSPS) is 36.9. The Morgan fingerprint density at radius 2 is 1.33 bits per heavy atom. The van der Waals surface area contributed by atoms with Crippen LogP contribution in [0.4, 0.5) is 4.79 Å². The van der Waals surface area contributed by atoms with E-state index in [4.69, 9.17) is 27.7 Å². The fraction of sp³-hybridized carbons (Fsp3) is 0.857. The first kappa shape index (κ1) is 14.1. The van der Waals surface area contributed by atoms with Crippen molar-refractivity contribution in [1.82, 2.24) is 0 Å². The molecule has 2 fully saturated rings. The summed E-state index contributed by atoms with van der Waals surface area (Å²) < 4.78 is 55.3. The average Bonchev–Trinajstić information content (AvgIpc) is 2.69. The van der Waals surface area contributed by atoms with Crippen molar-refractivity contribution < 1.29 is 40.8 Å². The van der Waals surface area contributed by atoms with Gasteiger partial charge in [-0.25, -0.2) is 4.79 Å². The Morgan fingerprint density at radius 1 is 0.944 bits per heavy atom. The maximum atomic E-state index is 11.3. The zero-order chi connectivity index (χ0) is 13.4. The summed E-state index contributed by atoms with van der Waals surface area (Å²) in [5, 5.41) is 0. The molecule has 0 amide bonds. The first-order valence-electron chi connectivity index (χ1n) is 4.94. The Kier molecular flexibility index (Phi) is 3.94. The summed E-state index contributed by atoms with van der Waals surface area (Å²) in [6.45, 7) is -0.235. The predicted octanol–water partition coefficient (Wildman–Crippen LogP) is 1.27. The van der Waals surface area contributed by atoms with Crippen LogP contribution >= 0.6 is 21.7 Å². The second kappa shape index (κ2) is 5.02. The quantitative estimate of drug-likeness (QED) is 0.556. The second-order valence-corrected chi connectivity index (χ2v) is 7.41. The highest BCUT2D eigenvalue weighted by Crippen LogP contribution is 2.47. The number of hydrogen-bond acceptors (Lipinski definition) is 9. The Labute approximate surface area is 106 Å². The molecule has 0 saturated carbocycles. The summed E-state index contributed by atoms with van der Waals surface area (Å²) in [6.07, 6.45) is -2.61. The van der Waals surface area contributed by atoms with Crippen LogP contribution in [0.3, 0.4) is 0 Å². The highest BCUT2D eigenvalue weighted by atomic mass is 32.3. The smallest absolute Gasteiger partial charge is 0.427 e. The molecule has 2 atom stereocenters. The van der Waals surface area contributed by atoms with Crippen LogP contribution in [0.2, 0.25) is 0 Å². The lowest BCUT2D eigenvalue weighted by Gasteiger charge is -2.18. The van der Waals surface area contributed by atoms with Crippen LogP contribution in [0.15, 0.2) is 0 Å². The van der Waals surface area contributed by atoms with Gasteiger partial charge >= 0.3 is 6.16 Å². The SMILES string of the molecule is O=C(OC1COS(O)(O)C1)OC1COS(O)(O)C1. The lowest BCUT2D eigenvalue weighted by atomic mass is 10.4. The summed E-state index contributed by atoms with van der Waals surface area (Å²) in [6, 6.07) is 0. The van der Waals surface area contributed by atoms with E-state index in [1.165, 1.54) is 0 Å². The maximum absolute atomic E-state index is 11.3. The molecule has 2 rings (SSSR count). The van der Waals surface area contributed by atoms with Crippen LogP contribution in [-0.2, 0) is 17.8 Å². The van der Waals surface area contributed by atoms with Gasteiger partial charge in [-0.2, -0.15) is 0 Å². The van der Waals surface area contributed by atoms with Crippen LogP contribution in [0.5, 0.6) is 0 Å². The summed E-state index contributed by atoms with van der Waals surface area (Å²) in [5.74, 6) is -0.392. The molecule has 11 heteroatoms. The van der Waals surface area contributed by atoms with E-state index in [0.29, 0.717) is 0 Å². The average molecular weight is 306 g/mol. The van der Waals surface area contributed by atoms with Gasteiger partial charge < -0.3 is 27.7 Å². The summed E-state index contributed by atoms with van der Waals surface area (Å²) >= 11 is 0. The van der Waals surface area contributed by atoms with E-state index in [2.05, 4.69) is 8.37 Å². The van der Waals surface area contributed by atoms with Crippen LogP contribution in [0.25, 0.3) is 0 Å². The number of carbonyl (C=O) groups is 1. The van der Waals surface area contributed by atoms with Gasteiger partial charge in [0.1, 0.15) is 25.4 Å². The maximum Gasteiger partial charge on any atom is 0.509 e. The van der Waals surface area contributed by atoms with Gasteiger partial charge in [0, 0.05) is 0 Å². The Balaban J connectivity index is 1.73. The van der Waals surface area contributed by atoms with Crippen molar-refractivity contribution in [1.29, 1.82) is 0 Å². The van der Waals surface area contributed by atoms with Crippen LogP contribution in [-0.4, -0.2) is 61.3 Å². The largest absolute Gasteiger partial charge is 0.509 e. The molecule has 0 spiro atoms. The van der Waals surface area contributed by atoms with Crippen molar-refractivity contribution in [3.63, 3.8) is 0 Å². The molecule has 2 saturated heterocycles. The van der Waals surface area contributed by atoms with E-state index in [9.17, 15) is 4.79 Å². The third kappa shape index (κ3) is 3.86. The molecule has 9 nitrogen and oxygen atoms in total. The van der Waals surface area contributed by atoms with Crippen LogP contribution < -0.4 is 0 Å². The minimum atomic E-state index is -3.12. The zero-order valence-corrected chi connectivity index (χ0v) is 10.8. The molecule has 2 aliphatic heterocycles. The molecule has 0 aromatic heterocycles. The molecule has 2 heterocycles. The minimum absolute atomic E-state index is 0.117. The van der Waals surface area contributed by atoms with Gasteiger partial charge in [-0.1, -0.05) is 0 Å². The Morgan fingerprint density at radius 3 is 1.61 bits per heavy atom. The van der Waals surface area contributed by atoms with E-state index in [-0.39, 0.29) is 24.7 Å². The van der Waals surface area contributed by atoms with Gasteiger partial charge in [-0.05, 0) is 0 Å². The molecule has 0 aromatic rings. The lowest BCUT2D eigenvalue weighted by molar-refractivity contribution is -0.000185. The summed E-state index contributed by atoms with van der Waals surface area (Å²) in [5.41, 5.74) is 0. The molecular formula is C7H14O9S2. The molecule has 4 N–H and O–H groups in total. The lowest BCUT2D eigenvalue weighted by Crippen LogP contribution is -2.27. The molecule has 18 heavy (non-hydrogen) atoms. The molecule has 0 bridgehead atoms. The third-order valence-electron chi connectivity index (χ3n) is 2.22. The highest BCUT2D eigenvalue weighted by molar-refractivity contribution is 8.20. The minimum Gasteiger partial charge on any atom is -0.427 e. The van der Waals surface area contributed by atoms with E-state index in [1.807, 2.05) is 0 Å². The molecule has 108 valence electrons. The molecule has 0 aromatic carbocycles. The number of rotatable bonds is 2. The Hall–Kier alpha value is -0.270. The molecule has 2 unspecified atom stereocenters. The summed E-state index contributed by atoms with van der Waals surface area (Å²) in [7, 11) is -6.24. The van der Waals surface area contributed by atoms with Crippen LogP contribution in [0.1, 0.15) is 0 Å². The van der Waals surface area contributed by atoms with Gasteiger partial charge in [0.25, 0.3) is 0 Å². The third-order valence-corrected chi connectivity index (χ3v) is 4.86. The summed E-state index contributed by atoms with van der Waals surface area (Å²) in [4.78, 5) is 11.3. The molecule has 2 aliphatic rings. The van der Waals surface area contributed by atoms with Gasteiger partial charge in [0.15, 0.2) is 0 Å². The van der Waals surface area contributed by atoms with E-state index in [1.54, 1.807) is 0 Å². The topological polar surface area (TPSA) is 135 Å². The molecule has 0 radical (unpaired) electrons. The van der Waals surface area contributed by atoms with Crippen molar-refractivity contribution >= 4 is 27.9 Å². The molecular weight excluding hydrogens is 292 g/mol. The standard InChI is InChI=1S/C7H14O9S2/c8-7(15-5-1-13-17(9,10)3-5)16-6-2-14-18(11,12)4-6/h5-6,9-12H,1-4H2. The fourth-order valence-electron chi connectivity index (χ4n) is 1.48. The highest BCUT2D eigenvalue weighted by Gasteiger charge is 2.38. The Bertz CT molecular complexity index is 303. The van der Waals surface area contributed by atoms with E-state index < -0.39 is 40.1 Å². The van der Waals surface area contributed by atoms with Gasteiger partial charge in [0.2, 0.25) is 0 Å². The van der Waals surface area contributed by atoms with Crippen molar-refractivity contribution in [2.75, 3.05) is 24.7 Å². The first-order valence-corrected chi connectivity index (χ1v) is 8.22. The fourth-order valence-corrected chi connectivity index (χ4v) is 3.71. The zero-order valence-electron chi connectivity index (χ0n) is 9.13. The predicted molar refractivity (Wildman–Crippen MR) is 62.5 cm³/mol. The van der Waals surface area contributed by atoms with Crippen molar-refractivity contribution in [2.45, 2.75) is 12.2 Å². The number of carbonyl (C=O) groups excluding carboxylic acids is 1. The van der Waals surface area contributed by atoms with Crippen LogP contribution in [0, 0.1) is 0 Å². The second-order valence-electron chi connectivity index (χ2n) is 3.85. The van der Waals surface area contributed by atoms with Crippen molar-refractivity contribution in [2.24, 2.45) is 0 Å².